The van der Waals surface area contributed by atoms with E-state index in [1.165, 1.54) is 0 Å². The molecule has 2 heterocycles. The largest absolute Gasteiger partial charge is 0.308 e. The number of nitrogens with one attached hydrogen (secondary N) is 1. The highest BCUT2D eigenvalue weighted by Gasteiger charge is 2.33. The van der Waals surface area contributed by atoms with Gasteiger partial charge in [-0.05, 0) is 5.41 Å². The maximum Gasteiger partial charge on any atom is 0.164 e. The van der Waals surface area contributed by atoms with Gasteiger partial charge in [0.05, 0.1) is 6.04 Å². The number of hydrogen-bond acceptors (Lipinski definition) is 3. The van der Waals surface area contributed by atoms with E-state index >= 15 is 0 Å². The summed E-state index contributed by atoms with van der Waals surface area (Å²) in [6, 6.07) is 10.5. The van der Waals surface area contributed by atoms with Crippen molar-refractivity contribution in [2.24, 2.45) is 5.41 Å². The Hall–Kier alpha value is -1.68. The summed E-state index contributed by atoms with van der Waals surface area (Å²) in [6.45, 7) is 8.59. The van der Waals surface area contributed by atoms with Crippen molar-refractivity contribution >= 4 is 0 Å². The molecule has 3 rings (SSSR count). The molecule has 4 heteroatoms. The van der Waals surface area contributed by atoms with Crippen molar-refractivity contribution in [3.63, 3.8) is 0 Å². The maximum atomic E-state index is 4.43. The molecule has 1 N–H and O–H groups in total. The van der Waals surface area contributed by atoms with Crippen molar-refractivity contribution in [1.29, 1.82) is 0 Å². The molecule has 1 aromatic heterocycles. The van der Waals surface area contributed by atoms with E-state index in [0.717, 1.165) is 30.3 Å². The molecule has 1 unspecified atom stereocenters. The Kier molecular flexibility index (Phi) is 2.90. The highest BCUT2D eigenvalue weighted by molar-refractivity contribution is 5.55. The Labute approximate surface area is 113 Å². The molecule has 0 saturated carbocycles. The monoisotopic (exact) mass is 256 g/mol. The third-order valence-corrected chi connectivity index (χ3v) is 3.62. The molecule has 0 radical (unpaired) electrons. The second-order valence-electron chi connectivity index (χ2n) is 6.15. The van der Waals surface area contributed by atoms with Crippen molar-refractivity contribution in [3.05, 3.63) is 36.2 Å². The molecular weight excluding hydrogens is 236 g/mol. The summed E-state index contributed by atoms with van der Waals surface area (Å²) in [5.74, 6) is 2.03. The van der Waals surface area contributed by atoms with E-state index in [9.17, 15) is 0 Å². The average Bonchev–Trinajstić information content (AvgIpc) is 2.82. The molecule has 0 amide bonds. The van der Waals surface area contributed by atoms with Crippen LogP contribution in [0.1, 0.15) is 32.6 Å². The van der Waals surface area contributed by atoms with Crippen LogP contribution in [0.5, 0.6) is 0 Å². The summed E-state index contributed by atoms with van der Waals surface area (Å²) in [5.41, 5.74) is 1.27. The number of hydrogen-bond donors (Lipinski definition) is 1. The van der Waals surface area contributed by atoms with Crippen molar-refractivity contribution in [2.45, 2.75) is 33.4 Å². The Morgan fingerprint density at radius 1 is 1.16 bits per heavy atom. The SMILES string of the molecule is CC(C)(C)C1NCCn2c(-c3ccccc3)nnc21. The first kappa shape index (κ1) is 12.4. The van der Waals surface area contributed by atoms with Crippen LogP contribution in [0.2, 0.25) is 0 Å². The smallest absolute Gasteiger partial charge is 0.164 e. The summed E-state index contributed by atoms with van der Waals surface area (Å²) in [5, 5.41) is 12.4. The Morgan fingerprint density at radius 3 is 2.58 bits per heavy atom. The molecule has 1 aromatic carbocycles. The van der Waals surface area contributed by atoms with E-state index in [4.69, 9.17) is 0 Å². The van der Waals surface area contributed by atoms with Crippen LogP contribution >= 0.6 is 0 Å². The van der Waals surface area contributed by atoms with Gasteiger partial charge in [-0.1, -0.05) is 51.1 Å². The number of benzene rings is 1. The minimum atomic E-state index is 0.138. The first-order valence-corrected chi connectivity index (χ1v) is 6.79. The summed E-state index contributed by atoms with van der Waals surface area (Å²) in [6.07, 6.45) is 0. The first-order chi connectivity index (χ1) is 9.07. The third kappa shape index (κ3) is 2.16. The lowest BCUT2D eigenvalue weighted by molar-refractivity contribution is 0.234. The molecule has 100 valence electrons. The normalized spacial score (nSPS) is 19.2. The zero-order valence-electron chi connectivity index (χ0n) is 11.7. The fourth-order valence-electron chi connectivity index (χ4n) is 2.66. The molecular formula is C15H20N4. The van der Waals surface area contributed by atoms with Gasteiger partial charge in [0.25, 0.3) is 0 Å². The van der Waals surface area contributed by atoms with Crippen LogP contribution in [0, 0.1) is 5.41 Å². The van der Waals surface area contributed by atoms with E-state index in [2.05, 4.69) is 53.0 Å². The second kappa shape index (κ2) is 4.46. The molecule has 1 aliphatic heterocycles. The van der Waals surface area contributed by atoms with Crippen LogP contribution in [0.15, 0.2) is 30.3 Å². The van der Waals surface area contributed by atoms with E-state index < -0.39 is 0 Å². The molecule has 0 saturated heterocycles. The number of aromatic nitrogens is 3. The topological polar surface area (TPSA) is 42.7 Å². The molecule has 0 fully saturated rings. The van der Waals surface area contributed by atoms with Gasteiger partial charge in [-0.2, -0.15) is 0 Å². The maximum absolute atomic E-state index is 4.43. The van der Waals surface area contributed by atoms with E-state index in [1.54, 1.807) is 0 Å². The third-order valence-electron chi connectivity index (χ3n) is 3.62. The minimum absolute atomic E-state index is 0.138. The second-order valence-corrected chi connectivity index (χ2v) is 6.15. The summed E-state index contributed by atoms with van der Waals surface area (Å²) < 4.78 is 2.25. The van der Waals surface area contributed by atoms with Crippen molar-refractivity contribution in [1.82, 2.24) is 20.1 Å². The summed E-state index contributed by atoms with van der Waals surface area (Å²) >= 11 is 0. The van der Waals surface area contributed by atoms with Gasteiger partial charge in [0, 0.05) is 18.7 Å². The van der Waals surface area contributed by atoms with E-state index in [-0.39, 0.29) is 11.5 Å². The van der Waals surface area contributed by atoms with Crippen molar-refractivity contribution < 1.29 is 0 Å². The van der Waals surface area contributed by atoms with Gasteiger partial charge < -0.3 is 9.88 Å². The predicted molar refractivity (Wildman–Crippen MR) is 75.7 cm³/mol. The van der Waals surface area contributed by atoms with Crippen LogP contribution in [0.4, 0.5) is 0 Å². The number of nitrogens with zero attached hydrogens (tertiary/aromatic N) is 3. The molecule has 0 spiro atoms. The van der Waals surface area contributed by atoms with Gasteiger partial charge >= 0.3 is 0 Å². The molecule has 0 aliphatic carbocycles. The molecule has 1 atom stereocenters. The lowest BCUT2D eigenvalue weighted by Gasteiger charge is -2.34. The Balaban J connectivity index is 2.06. The van der Waals surface area contributed by atoms with Gasteiger partial charge in [0.15, 0.2) is 11.6 Å². The predicted octanol–water partition coefficient (Wildman–Crippen LogP) is 2.64. The Morgan fingerprint density at radius 2 is 1.89 bits per heavy atom. The fourth-order valence-corrected chi connectivity index (χ4v) is 2.66. The van der Waals surface area contributed by atoms with Gasteiger partial charge in [-0.15, -0.1) is 10.2 Å². The molecule has 1 aliphatic rings. The highest BCUT2D eigenvalue weighted by Crippen LogP contribution is 2.34. The quantitative estimate of drug-likeness (QED) is 0.853. The van der Waals surface area contributed by atoms with Crippen molar-refractivity contribution in [3.8, 4) is 11.4 Å². The Bertz CT molecular complexity index is 566. The number of rotatable bonds is 1. The standard InChI is InChI=1S/C15H20N4/c1-15(2,3)12-14-18-17-13(19(14)10-9-16-12)11-7-5-4-6-8-11/h4-8,12,16H,9-10H2,1-3H3. The molecule has 19 heavy (non-hydrogen) atoms. The summed E-state index contributed by atoms with van der Waals surface area (Å²) in [7, 11) is 0. The van der Waals surface area contributed by atoms with Gasteiger partial charge in [0.2, 0.25) is 0 Å². The van der Waals surface area contributed by atoms with Gasteiger partial charge in [0.1, 0.15) is 0 Å². The first-order valence-electron chi connectivity index (χ1n) is 6.79. The van der Waals surface area contributed by atoms with Crippen LogP contribution < -0.4 is 5.32 Å². The van der Waals surface area contributed by atoms with Crippen LogP contribution in [-0.2, 0) is 6.54 Å². The van der Waals surface area contributed by atoms with Crippen molar-refractivity contribution in [2.75, 3.05) is 6.54 Å². The fraction of sp³-hybridized carbons (Fsp3) is 0.467. The zero-order chi connectivity index (χ0) is 13.5. The molecule has 2 aromatic rings. The van der Waals surface area contributed by atoms with Gasteiger partial charge in [-0.3, -0.25) is 0 Å². The van der Waals surface area contributed by atoms with E-state index in [0.29, 0.717) is 0 Å². The number of fused-ring (bicyclic) bond motifs is 1. The highest BCUT2D eigenvalue weighted by atomic mass is 15.3. The van der Waals surface area contributed by atoms with E-state index in [1.807, 2.05) is 18.2 Å². The lowest BCUT2D eigenvalue weighted by atomic mass is 9.85. The summed E-state index contributed by atoms with van der Waals surface area (Å²) in [4.78, 5) is 0. The zero-order valence-corrected chi connectivity index (χ0v) is 11.7. The van der Waals surface area contributed by atoms with Gasteiger partial charge in [-0.25, -0.2) is 0 Å². The van der Waals surface area contributed by atoms with Crippen LogP contribution in [-0.4, -0.2) is 21.3 Å². The molecule has 0 bridgehead atoms. The lowest BCUT2D eigenvalue weighted by Crippen LogP contribution is -2.40. The van der Waals surface area contributed by atoms with Crippen LogP contribution in [0.3, 0.4) is 0 Å². The minimum Gasteiger partial charge on any atom is -0.308 e. The average molecular weight is 256 g/mol. The molecule has 4 nitrogen and oxygen atoms in total. The van der Waals surface area contributed by atoms with Crippen LogP contribution in [0.25, 0.3) is 11.4 Å².